The fourth-order valence-corrected chi connectivity index (χ4v) is 9.75. The molecule has 9 rings (SSSR count). The van der Waals surface area contributed by atoms with Crippen LogP contribution in [0.2, 0.25) is 0 Å². The third kappa shape index (κ3) is 5.15. The Hall–Kier alpha value is -6.16. The standard InChI is InChI=1S/C44H39N3O7/c1-25-7-11-30(12-8-25)45-47-41(51)36-23-35-33(16-17-34-38(35)42(52)46(40(34)50)20-19-26-9-13-31(48)14-10-26)39(44(36,43(47)53)29-5-3-2-4-6-29)28-21-27-22-32(49)15-18-37(27)54-24-28/h2-16,18,22,24,34-36,38-39,45,48-49H,17,19-21,23H2,1H3/t34-,35+,36-,38-,39-,44+/m0/s1. The minimum atomic E-state index is -1.40. The van der Waals surface area contributed by atoms with Crippen LogP contribution < -0.4 is 10.2 Å². The molecule has 0 aromatic heterocycles. The first kappa shape index (κ1) is 33.7. The van der Waals surface area contributed by atoms with E-state index in [4.69, 9.17) is 4.74 Å². The summed E-state index contributed by atoms with van der Waals surface area (Å²) in [6.45, 7) is 2.16. The lowest BCUT2D eigenvalue weighted by Crippen LogP contribution is -2.55. The van der Waals surface area contributed by atoms with Crippen LogP contribution in [-0.2, 0) is 37.4 Å². The second-order valence-corrected chi connectivity index (χ2v) is 15.1. The van der Waals surface area contributed by atoms with Crippen LogP contribution in [0.5, 0.6) is 17.2 Å². The molecule has 2 aliphatic carbocycles. The molecule has 4 amide bonds. The summed E-state index contributed by atoms with van der Waals surface area (Å²) in [5.41, 5.74) is 7.26. The van der Waals surface area contributed by atoms with Gasteiger partial charge in [0.2, 0.25) is 11.8 Å². The number of likely N-dealkylation sites (tertiary alicyclic amines) is 1. The summed E-state index contributed by atoms with van der Waals surface area (Å²) < 4.78 is 6.20. The average molecular weight is 722 g/mol. The number of amides is 4. The Kier molecular flexibility index (Phi) is 7.95. The number of hydrogen-bond acceptors (Lipinski definition) is 8. The zero-order chi connectivity index (χ0) is 37.3. The topological polar surface area (TPSA) is 136 Å². The Bertz CT molecular complexity index is 2270. The van der Waals surface area contributed by atoms with Gasteiger partial charge in [-0.15, -0.1) is 0 Å². The molecule has 10 heteroatoms. The van der Waals surface area contributed by atoms with E-state index < -0.39 is 46.8 Å². The molecule has 3 N–H and O–H groups in total. The summed E-state index contributed by atoms with van der Waals surface area (Å²) in [7, 11) is 0. The second kappa shape index (κ2) is 12.8. The average Bonchev–Trinajstić information content (AvgIpc) is 3.55. The van der Waals surface area contributed by atoms with Gasteiger partial charge < -0.3 is 14.9 Å². The lowest BCUT2D eigenvalue weighted by atomic mass is 9.48. The molecular weight excluding hydrogens is 682 g/mol. The molecule has 0 bridgehead atoms. The van der Waals surface area contributed by atoms with E-state index >= 15 is 4.79 Å². The van der Waals surface area contributed by atoms with Crippen LogP contribution in [0.1, 0.15) is 35.1 Å². The molecule has 6 atom stereocenters. The number of aromatic hydroxyl groups is 2. The van der Waals surface area contributed by atoms with E-state index in [9.17, 15) is 24.6 Å². The van der Waals surface area contributed by atoms with Crippen molar-refractivity contribution in [1.82, 2.24) is 9.91 Å². The van der Waals surface area contributed by atoms with E-state index in [-0.39, 0.29) is 36.3 Å². The predicted octanol–water partition coefficient (Wildman–Crippen LogP) is 5.99. The van der Waals surface area contributed by atoms with Crippen molar-refractivity contribution in [3.05, 3.63) is 143 Å². The lowest BCUT2D eigenvalue weighted by molar-refractivity contribution is -0.141. The minimum Gasteiger partial charge on any atom is -0.508 e. The molecule has 0 radical (unpaired) electrons. The predicted molar refractivity (Wildman–Crippen MR) is 199 cm³/mol. The van der Waals surface area contributed by atoms with Crippen LogP contribution in [-0.4, -0.2) is 50.3 Å². The molecular formula is C44H39N3O7. The fourth-order valence-electron chi connectivity index (χ4n) is 9.75. The van der Waals surface area contributed by atoms with E-state index in [1.54, 1.807) is 48.7 Å². The van der Waals surface area contributed by atoms with Crippen molar-refractivity contribution in [2.45, 2.75) is 38.0 Å². The highest BCUT2D eigenvalue weighted by Gasteiger charge is 2.70. The Morgan fingerprint density at radius 1 is 0.833 bits per heavy atom. The first-order valence-corrected chi connectivity index (χ1v) is 18.4. The first-order valence-electron chi connectivity index (χ1n) is 18.4. The van der Waals surface area contributed by atoms with E-state index in [2.05, 4.69) is 5.43 Å². The number of fused-ring (bicyclic) bond motifs is 5. The van der Waals surface area contributed by atoms with Gasteiger partial charge in [0, 0.05) is 24.4 Å². The Balaban J connectivity index is 1.16. The third-order valence-corrected chi connectivity index (χ3v) is 12.2. The van der Waals surface area contributed by atoms with Crippen LogP contribution in [0.25, 0.3) is 0 Å². The lowest BCUT2D eigenvalue weighted by Gasteiger charge is -2.51. The highest BCUT2D eigenvalue weighted by Crippen LogP contribution is 2.63. The number of hydrazine groups is 1. The van der Waals surface area contributed by atoms with Gasteiger partial charge in [0.1, 0.15) is 17.2 Å². The van der Waals surface area contributed by atoms with Gasteiger partial charge in [-0.25, -0.2) is 0 Å². The number of carbonyl (C=O) groups excluding carboxylic acids is 4. The summed E-state index contributed by atoms with van der Waals surface area (Å²) in [6.07, 6.45) is 5.01. The number of aryl methyl sites for hydroxylation is 1. The zero-order valence-electron chi connectivity index (χ0n) is 29.6. The SMILES string of the molecule is Cc1ccc(NN2C(=O)[C@@H]3C[C@@H]4C(=CC[C@@H]5C(=O)N(CCc6ccc(O)cc6)C(=O)[C@@H]54)[C@H](C4=COc5ccc(O)cc5C4)[C@]3(c3ccccc3)C2=O)cc1. The van der Waals surface area contributed by atoms with Gasteiger partial charge in [0.05, 0.1) is 35.1 Å². The van der Waals surface area contributed by atoms with E-state index in [1.165, 1.54) is 4.90 Å². The number of phenolic OH excluding ortho intramolecular Hbond substituents is 2. The molecule has 3 aliphatic heterocycles. The molecule has 3 heterocycles. The monoisotopic (exact) mass is 721 g/mol. The highest BCUT2D eigenvalue weighted by molar-refractivity contribution is 6.13. The van der Waals surface area contributed by atoms with Crippen LogP contribution in [0.15, 0.2) is 121 Å². The van der Waals surface area contributed by atoms with Crippen molar-refractivity contribution in [3.8, 4) is 17.2 Å². The number of imide groups is 2. The third-order valence-electron chi connectivity index (χ3n) is 12.2. The molecule has 272 valence electrons. The molecule has 3 fully saturated rings. The number of allylic oxidation sites excluding steroid dienone is 3. The number of nitrogens with one attached hydrogen (secondary N) is 1. The van der Waals surface area contributed by atoms with Crippen LogP contribution in [0, 0.1) is 36.5 Å². The number of benzene rings is 4. The summed E-state index contributed by atoms with van der Waals surface area (Å²) in [4.78, 5) is 60.1. The van der Waals surface area contributed by atoms with Crippen molar-refractivity contribution < 1.29 is 34.1 Å². The van der Waals surface area contributed by atoms with Gasteiger partial charge in [0.15, 0.2) is 0 Å². The number of phenols is 2. The highest BCUT2D eigenvalue weighted by atomic mass is 16.5. The van der Waals surface area contributed by atoms with Crippen molar-refractivity contribution in [2.75, 3.05) is 12.0 Å². The number of rotatable bonds is 7. The van der Waals surface area contributed by atoms with Gasteiger partial charge in [-0.2, -0.15) is 5.01 Å². The number of nitrogens with zero attached hydrogens (tertiary/aromatic N) is 2. The van der Waals surface area contributed by atoms with Crippen molar-refractivity contribution in [2.24, 2.45) is 29.6 Å². The van der Waals surface area contributed by atoms with E-state index in [0.717, 1.165) is 32.8 Å². The number of hydrogen-bond donors (Lipinski definition) is 3. The van der Waals surface area contributed by atoms with Gasteiger partial charge in [-0.3, -0.25) is 29.5 Å². The summed E-state index contributed by atoms with van der Waals surface area (Å²) in [6, 6.07) is 28.5. The largest absolute Gasteiger partial charge is 0.508 e. The maximum atomic E-state index is 15.4. The van der Waals surface area contributed by atoms with Crippen LogP contribution >= 0.6 is 0 Å². The molecule has 4 aromatic rings. The summed E-state index contributed by atoms with van der Waals surface area (Å²) >= 11 is 0. The van der Waals surface area contributed by atoms with Crippen molar-refractivity contribution in [3.63, 3.8) is 0 Å². The normalized spacial score (nSPS) is 27.0. The van der Waals surface area contributed by atoms with Crippen LogP contribution in [0.4, 0.5) is 5.69 Å². The Labute approximate surface area is 312 Å². The van der Waals surface area contributed by atoms with Crippen LogP contribution in [0.3, 0.4) is 0 Å². The number of carbonyl (C=O) groups is 4. The maximum Gasteiger partial charge on any atom is 0.260 e. The van der Waals surface area contributed by atoms with Gasteiger partial charge in [-0.1, -0.05) is 71.8 Å². The molecule has 54 heavy (non-hydrogen) atoms. The molecule has 0 unspecified atom stereocenters. The van der Waals surface area contributed by atoms with E-state index in [1.807, 2.05) is 67.6 Å². The second-order valence-electron chi connectivity index (χ2n) is 15.1. The molecule has 4 aromatic carbocycles. The number of anilines is 1. The van der Waals surface area contributed by atoms with Crippen molar-refractivity contribution in [1.29, 1.82) is 0 Å². The van der Waals surface area contributed by atoms with Gasteiger partial charge in [-0.05, 0) is 91.3 Å². The molecule has 0 spiro atoms. The summed E-state index contributed by atoms with van der Waals surface area (Å²) in [5, 5.41) is 21.3. The first-order chi connectivity index (χ1) is 26.1. The minimum absolute atomic E-state index is 0.0820. The Morgan fingerprint density at radius 3 is 2.33 bits per heavy atom. The van der Waals surface area contributed by atoms with E-state index in [0.29, 0.717) is 36.3 Å². The molecule has 2 saturated heterocycles. The van der Waals surface area contributed by atoms with Gasteiger partial charge in [0.25, 0.3) is 11.8 Å². The number of ether oxygens (including phenoxy) is 1. The molecule has 10 nitrogen and oxygen atoms in total. The quantitative estimate of drug-likeness (QED) is 0.157. The summed E-state index contributed by atoms with van der Waals surface area (Å²) in [5.74, 6) is -3.83. The molecule has 5 aliphatic rings. The van der Waals surface area contributed by atoms with Crippen molar-refractivity contribution >= 4 is 29.3 Å². The smallest absolute Gasteiger partial charge is 0.260 e. The molecule has 1 saturated carbocycles. The zero-order valence-corrected chi connectivity index (χ0v) is 29.6. The van der Waals surface area contributed by atoms with Gasteiger partial charge >= 0.3 is 0 Å². The Morgan fingerprint density at radius 2 is 1.57 bits per heavy atom. The fraction of sp³-hybridized carbons (Fsp3) is 0.273. The maximum absolute atomic E-state index is 15.4.